The summed E-state index contributed by atoms with van der Waals surface area (Å²) in [7, 11) is 4.01. The Kier molecular flexibility index (Phi) is 4.91. The number of carbonyl (C=O) groups is 1. The molecule has 0 heterocycles. The highest BCUT2D eigenvalue weighted by Crippen LogP contribution is 2.16. The number of rotatable bonds is 5. The highest BCUT2D eigenvalue weighted by atomic mass is 16.1. The van der Waals surface area contributed by atoms with Gasteiger partial charge in [-0.25, -0.2) is 0 Å². The lowest BCUT2D eigenvalue weighted by molar-refractivity contribution is -0.117. The molecule has 1 unspecified atom stereocenters. The van der Waals surface area contributed by atoms with Crippen molar-refractivity contribution in [2.45, 2.75) is 13.0 Å². The molecule has 0 saturated heterocycles. The molecule has 1 rings (SSSR count). The summed E-state index contributed by atoms with van der Waals surface area (Å²) in [6, 6.07) is 10.3. The molecule has 3 heteroatoms. The number of nitrogens with zero attached hydrogens (tertiary/aromatic N) is 1. The van der Waals surface area contributed by atoms with Crippen molar-refractivity contribution in [1.82, 2.24) is 10.2 Å². The van der Waals surface area contributed by atoms with Gasteiger partial charge in [0.05, 0.1) is 6.04 Å². The lowest BCUT2D eigenvalue weighted by Crippen LogP contribution is -2.34. The lowest BCUT2D eigenvalue weighted by Gasteiger charge is -2.25. The molecular formula is C14H20N2O. The van der Waals surface area contributed by atoms with Crippen molar-refractivity contribution in [3.63, 3.8) is 0 Å². The number of hydrogen-bond acceptors (Lipinski definition) is 2. The molecule has 0 bridgehead atoms. The molecule has 0 fully saturated rings. The van der Waals surface area contributed by atoms with E-state index in [0.717, 1.165) is 0 Å². The Labute approximate surface area is 103 Å². The fraction of sp³-hybridized carbons (Fsp3) is 0.357. The summed E-state index contributed by atoms with van der Waals surface area (Å²) < 4.78 is 0. The zero-order valence-corrected chi connectivity index (χ0v) is 10.7. The minimum atomic E-state index is -0.0900. The Morgan fingerprint density at radius 1 is 1.35 bits per heavy atom. The summed E-state index contributed by atoms with van der Waals surface area (Å²) in [5.74, 6) is -0.0900. The molecule has 0 aromatic heterocycles. The second-order valence-corrected chi connectivity index (χ2v) is 4.38. The quantitative estimate of drug-likeness (QED) is 0.787. The van der Waals surface area contributed by atoms with Gasteiger partial charge in [-0.15, -0.1) is 0 Å². The van der Waals surface area contributed by atoms with Crippen molar-refractivity contribution in [3.8, 4) is 0 Å². The molecule has 0 spiro atoms. The van der Waals surface area contributed by atoms with Crippen molar-refractivity contribution < 1.29 is 4.79 Å². The highest BCUT2D eigenvalue weighted by Gasteiger charge is 2.14. The first-order chi connectivity index (χ1) is 8.02. The van der Waals surface area contributed by atoms with Crippen LogP contribution >= 0.6 is 0 Å². The van der Waals surface area contributed by atoms with Crippen LogP contribution in [0, 0.1) is 0 Å². The first kappa shape index (κ1) is 13.5. The van der Waals surface area contributed by atoms with Crippen LogP contribution in [0.5, 0.6) is 0 Å². The van der Waals surface area contributed by atoms with Gasteiger partial charge in [0.15, 0.2) is 0 Å². The molecule has 1 aromatic rings. The van der Waals surface area contributed by atoms with Gasteiger partial charge >= 0.3 is 0 Å². The number of benzene rings is 1. The normalized spacial score (nSPS) is 12.2. The standard InChI is InChI=1S/C14H20N2O/c1-11(2)14(17)15-10-13(16(3)4)12-8-6-5-7-9-12/h5-9,13H,1,10H2,2-4H3,(H,15,17). The summed E-state index contributed by atoms with van der Waals surface area (Å²) >= 11 is 0. The number of likely N-dealkylation sites (N-methyl/N-ethyl adjacent to an activating group) is 1. The molecule has 0 aliphatic heterocycles. The van der Waals surface area contributed by atoms with Gasteiger partial charge in [-0.2, -0.15) is 0 Å². The maximum atomic E-state index is 11.5. The molecule has 1 atom stereocenters. The number of carbonyl (C=O) groups excluding carboxylic acids is 1. The lowest BCUT2D eigenvalue weighted by atomic mass is 10.1. The van der Waals surface area contributed by atoms with Crippen molar-refractivity contribution in [2.24, 2.45) is 0 Å². The third-order valence-corrected chi connectivity index (χ3v) is 2.65. The summed E-state index contributed by atoms with van der Waals surface area (Å²) in [5, 5.41) is 2.88. The molecule has 1 amide bonds. The van der Waals surface area contributed by atoms with E-state index >= 15 is 0 Å². The SMILES string of the molecule is C=C(C)C(=O)NCC(c1ccccc1)N(C)C. The minimum Gasteiger partial charge on any atom is -0.350 e. The first-order valence-corrected chi connectivity index (χ1v) is 5.67. The van der Waals surface area contributed by atoms with Crippen molar-refractivity contribution in [2.75, 3.05) is 20.6 Å². The highest BCUT2D eigenvalue weighted by molar-refractivity contribution is 5.92. The van der Waals surface area contributed by atoms with Crippen LogP contribution in [0.15, 0.2) is 42.5 Å². The predicted octanol–water partition coefficient (Wildman–Crippen LogP) is 1.98. The Bertz CT molecular complexity index is 384. The number of amides is 1. The monoisotopic (exact) mass is 232 g/mol. The van der Waals surface area contributed by atoms with Gasteiger partial charge in [0.1, 0.15) is 0 Å². The molecule has 17 heavy (non-hydrogen) atoms. The average Bonchev–Trinajstić information content (AvgIpc) is 2.29. The molecule has 1 aromatic carbocycles. The van der Waals surface area contributed by atoms with Crippen LogP contribution < -0.4 is 5.32 Å². The van der Waals surface area contributed by atoms with Crippen LogP contribution in [0.4, 0.5) is 0 Å². The Hall–Kier alpha value is -1.61. The summed E-state index contributed by atoms with van der Waals surface area (Å²) in [6.07, 6.45) is 0. The zero-order chi connectivity index (χ0) is 12.8. The molecular weight excluding hydrogens is 212 g/mol. The molecule has 0 saturated carbocycles. The van der Waals surface area contributed by atoms with Crippen LogP contribution in [0.2, 0.25) is 0 Å². The molecule has 3 nitrogen and oxygen atoms in total. The van der Waals surface area contributed by atoms with Crippen LogP contribution in [-0.4, -0.2) is 31.4 Å². The van der Waals surface area contributed by atoms with E-state index < -0.39 is 0 Å². The smallest absolute Gasteiger partial charge is 0.246 e. The second-order valence-electron chi connectivity index (χ2n) is 4.38. The molecule has 0 radical (unpaired) electrons. The van der Waals surface area contributed by atoms with E-state index in [0.29, 0.717) is 12.1 Å². The maximum absolute atomic E-state index is 11.5. The Morgan fingerprint density at radius 3 is 2.41 bits per heavy atom. The van der Waals surface area contributed by atoms with E-state index in [4.69, 9.17) is 0 Å². The number of nitrogens with one attached hydrogen (secondary N) is 1. The molecule has 1 N–H and O–H groups in total. The third-order valence-electron chi connectivity index (χ3n) is 2.65. The molecule has 0 aliphatic carbocycles. The van der Waals surface area contributed by atoms with Crippen LogP contribution in [0.1, 0.15) is 18.5 Å². The van der Waals surface area contributed by atoms with Gasteiger partial charge < -0.3 is 10.2 Å². The van der Waals surface area contributed by atoms with Gasteiger partial charge in [-0.05, 0) is 26.6 Å². The summed E-state index contributed by atoms with van der Waals surface area (Å²) in [5.41, 5.74) is 1.73. The van der Waals surface area contributed by atoms with Crippen molar-refractivity contribution in [3.05, 3.63) is 48.0 Å². The summed E-state index contributed by atoms with van der Waals surface area (Å²) in [4.78, 5) is 13.6. The van der Waals surface area contributed by atoms with E-state index in [-0.39, 0.29) is 11.9 Å². The van der Waals surface area contributed by atoms with E-state index in [1.165, 1.54) is 5.56 Å². The van der Waals surface area contributed by atoms with E-state index in [9.17, 15) is 4.79 Å². The molecule has 0 aliphatic rings. The van der Waals surface area contributed by atoms with E-state index in [2.05, 4.69) is 28.9 Å². The van der Waals surface area contributed by atoms with Gasteiger partial charge in [-0.1, -0.05) is 36.9 Å². The van der Waals surface area contributed by atoms with E-state index in [1.54, 1.807) is 6.92 Å². The predicted molar refractivity (Wildman–Crippen MR) is 70.7 cm³/mol. The van der Waals surface area contributed by atoms with Crippen molar-refractivity contribution >= 4 is 5.91 Å². The second kappa shape index (κ2) is 6.21. The topological polar surface area (TPSA) is 32.3 Å². The van der Waals surface area contributed by atoms with Gasteiger partial charge in [0, 0.05) is 12.1 Å². The fourth-order valence-electron chi connectivity index (χ4n) is 1.61. The average molecular weight is 232 g/mol. The van der Waals surface area contributed by atoms with Crippen LogP contribution in [-0.2, 0) is 4.79 Å². The third kappa shape index (κ3) is 4.04. The maximum Gasteiger partial charge on any atom is 0.246 e. The van der Waals surface area contributed by atoms with Gasteiger partial charge in [0.25, 0.3) is 0 Å². The van der Waals surface area contributed by atoms with Gasteiger partial charge in [-0.3, -0.25) is 4.79 Å². The van der Waals surface area contributed by atoms with Crippen molar-refractivity contribution in [1.29, 1.82) is 0 Å². The number of hydrogen-bond donors (Lipinski definition) is 1. The van der Waals surface area contributed by atoms with Crippen LogP contribution in [0.3, 0.4) is 0 Å². The van der Waals surface area contributed by atoms with E-state index in [1.807, 2.05) is 32.3 Å². The van der Waals surface area contributed by atoms with Crippen LogP contribution in [0.25, 0.3) is 0 Å². The summed E-state index contributed by atoms with van der Waals surface area (Å²) in [6.45, 7) is 5.92. The first-order valence-electron chi connectivity index (χ1n) is 5.67. The largest absolute Gasteiger partial charge is 0.350 e. The van der Waals surface area contributed by atoms with Gasteiger partial charge in [0.2, 0.25) is 5.91 Å². The zero-order valence-electron chi connectivity index (χ0n) is 10.7. The Balaban J connectivity index is 2.69. The minimum absolute atomic E-state index is 0.0900. The molecule has 92 valence electrons. The fourth-order valence-corrected chi connectivity index (χ4v) is 1.61. The Morgan fingerprint density at radius 2 is 1.94 bits per heavy atom.